The van der Waals surface area contributed by atoms with E-state index in [0.29, 0.717) is 6.07 Å². The summed E-state index contributed by atoms with van der Waals surface area (Å²) in [5.41, 5.74) is -0.368. The fourth-order valence-electron chi connectivity index (χ4n) is 1.85. The number of nitro groups is 1. The van der Waals surface area contributed by atoms with Crippen LogP contribution in [0.2, 0.25) is 0 Å². The Morgan fingerprint density at radius 1 is 1.57 bits per heavy atom. The third kappa shape index (κ3) is 4.10. The number of rotatable bonds is 5. The van der Waals surface area contributed by atoms with Crippen LogP contribution in [0.1, 0.15) is 24.2 Å². The van der Waals surface area contributed by atoms with Gasteiger partial charge in [0, 0.05) is 13.6 Å². The van der Waals surface area contributed by atoms with Gasteiger partial charge in [0.2, 0.25) is 0 Å². The lowest BCUT2D eigenvalue weighted by Crippen LogP contribution is -2.40. The Kier molecular flexibility index (Phi) is 4.81. The molecule has 0 saturated heterocycles. The van der Waals surface area contributed by atoms with E-state index in [4.69, 9.17) is 5.84 Å². The zero-order valence-electron chi connectivity index (χ0n) is 11.9. The molecule has 0 aromatic heterocycles. The van der Waals surface area contributed by atoms with Crippen molar-refractivity contribution < 1.29 is 19.2 Å². The molecule has 4 N–H and O–H groups in total. The molecule has 0 spiro atoms. The summed E-state index contributed by atoms with van der Waals surface area (Å²) in [4.78, 5) is 23.5. The van der Waals surface area contributed by atoms with Gasteiger partial charge < -0.3 is 15.4 Å². The summed E-state index contributed by atoms with van der Waals surface area (Å²) in [5.74, 6) is 3.44. The number of likely N-dealkylation sites (N-methyl/N-ethyl adjacent to an activating group) is 1. The van der Waals surface area contributed by atoms with E-state index < -0.39 is 27.9 Å². The number of nitro benzene ring substituents is 1. The van der Waals surface area contributed by atoms with Crippen molar-refractivity contribution >= 4 is 17.3 Å². The summed E-state index contributed by atoms with van der Waals surface area (Å²) >= 11 is 0. The lowest BCUT2D eigenvalue weighted by atomic mass is 10.1. The number of nitrogen functional groups attached to an aromatic ring is 1. The first-order valence-corrected chi connectivity index (χ1v) is 5.99. The van der Waals surface area contributed by atoms with Crippen molar-refractivity contribution in [2.75, 3.05) is 19.0 Å². The van der Waals surface area contributed by atoms with Crippen LogP contribution in [0, 0.1) is 15.9 Å². The molecule has 1 amide bonds. The molecule has 0 heterocycles. The highest BCUT2D eigenvalue weighted by molar-refractivity contribution is 5.99. The highest BCUT2D eigenvalue weighted by Gasteiger charge is 2.28. The number of hydrazine groups is 1. The molecule has 0 bridgehead atoms. The summed E-state index contributed by atoms with van der Waals surface area (Å²) in [7, 11) is 1.38. The molecule has 1 aromatic carbocycles. The third-order valence-electron chi connectivity index (χ3n) is 2.64. The molecule has 0 unspecified atom stereocenters. The molecule has 0 aliphatic rings. The van der Waals surface area contributed by atoms with Crippen molar-refractivity contribution in [3.8, 4) is 0 Å². The van der Waals surface area contributed by atoms with Gasteiger partial charge in [-0.15, -0.1) is 0 Å². The van der Waals surface area contributed by atoms with E-state index >= 15 is 0 Å². The fraction of sp³-hybridized carbons (Fsp3) is 0.417. The third-order valence-corrected chi connectivity index (χ3v) is 2.64. The van der Waals surface area contributed by atoms with E-state index in [1.165, 1.54) is 20.9 Å². The molecule has 1 rings (SSSR count). The molecule has 0 aliphatic heterocycles. The molecule has 0 aliphatic carbocycles. The van der Waals surface area contributed by atoms with E-state index in [1.807, 2.05) is 5.43 Å². The molecule has 0 radical (unpaired) electrons. The first-order chi connectivity index (χ1) is 9.56. The van der Waals surface area contributed by atoms with Gasteiger partial charge in [-0.1, -0.05) is 0 Å². The van der Waals surface area contributed by atoms with Crippen molar-refractivity contribution in [3.05, 3.63) is 33.6 Å². The number of benzene rings is 1. The minimum absolute atomic E-state index is 0.0499. The minimum atomic E-state index is -1.17. The molecule has 0 atom stereocenters. The highest BCUT2D eigenvalue weighted by atomic mass is 19.1. The molecule has 1 aromatic rings. The van der Waals surface area contributed by atoms with Gasteiger partial charge in [0.15, 0.2) is 5.82 Å². The smallest absolute Gasteiger partial charge is 0.285 e. The Bertz CT molecular complexity index is 571. The van der Waals surface area contributed by atoms with Gasteiger partial charge in [0.1, 0.15) is 5.56 Å². The average molecular weight is 300 g/mol. The van der Waals surface area contributed by atoms with Crippen LogP contribution in [0.25, 0.3) is 0 Å². The number of amides is 1. The zero-order chi connectivity index (χ0) is 16.4. The summed E-state index contributed by atoms with van der Waals surface area (Å²) < 4.78 is 13.5. The number of aliphatic hydroxyl groups is 1. The van der Waals surface area contributed by atoms with E-state index in [2.05, 4.69) is 0 Å². The molecule has 0 saturated carbocycles. The second kappa shape index (κ2) is 6.02. The number of carbonyl (C=O) groups is 1. The van der Waals surface area contributed by atoms with Gasteiger partial charge in [0.25, 0.3) is 11.6 Å². The molecule has 8 nitrogen and oxygen atoms in total. The van der Waals surface area contributed by atoms with E-state index in [9.17, 15) is 24.4 Å². The Morgan fingerprint density at radius 3 is 2.57 bits per heavy atom. The average Bonchev–Trinajstić information content (AvgIpc) is 2.35. The van der Waals surface area contributed by atoms with Crippen LogP contribution in [-0.4, -0.2) is 40.0 Å². The molecule has 116 valence electrons. The van der Waals surface area contributed by atoms with Crippen molar-refractivity contribution in [2.45, 2.75) is 19.4 Å². The van der Waals surface area contributed by atoms with E-state index in [1.54, 1.807) is 0 Å². The number of halogens is 1. The van der Waals surface area contributed by atoms with Gasteiger partial charge in [-0.05, 0) is 19.9 Å². The number of nitrogens with one attached hydrogen (secondary N) is 1. The molecule has 21 heavy (non-hydrogen) atoms. The monoisotopic (exact) mass is 300 g/mol. The van der Waals surface area contributed by atoms with Crippen LogP contribution < -0.4 is 11.3 Å². The van der Waals surface area contributed by atoms with Crippen LogP contribution in [0.3, 0.4) is 0 Å². The fourth-order valence-corrected chi connectivity index (χ4v) is 1.85. The lowest BCUT2D eigenvalue weighted by Gasteiger charge is -2.25. The molecule has 0 fully saturated rings. The minimum Gasteiger partial charge on any atom is -0.389 e. The predicted molar refractivity (Wildman–Crippen MR) is 74.1 cm³/mol. The van der Waals surface area contributed by atoms with Crippen LogP contribution >= 0.6 is 0 Å². The number of hydrogen-bond donors (Lipinski definition) is 3. The van der Waals surface area contributed by atoms with Crippen molar-refractivity contribution in [1.82, 2.24) is 4.90 Å². The van der Waals surface area contributed by atoms with E-state index in [-0.39, 0.29) is 17.8 Å². The standard InChI is InChI=1S/C12H17FN4O4/c1-12(2,19)6-16(3)11(18)7-4-9(15-14)8(13)5-10(7)17(20)21/h4-5,15,19H,6,14H2,1-3H3. The molecule has 9 heteroatoms. The number of carbonyl (C=O) groups excluding carboxylic acids is 1. The SMILES string of the molecule is CN(CC(C)(C)O)C(=O)c1cc(NN)c(F)cc1[N+](=O)[O-]. The molecular formula is C12H17FN4O4. The molecular weight excluding hydrogens is 283 g/mol. The quantitative estimate of drug-likeness (QED) is 0.421. The van der Waals surface area contributed by atoms with Crippen molar-refractivity contribution in [2.24, 2.45) is 5.84 Å². The number of hydrogen-bond acceptors (Lipinski definition) is 6. The second-order valence-electron chi connectivity index (χ2n) is 5.22. The summed E-state index contributed by atoms with van der Waals surface area (Å²) in [6.07, 6.45) is 0. The first kappa shape index (κ1) is 16.8. The summed E-state index contributed by atoms with van der Waals surface area (Å²) in [6, 6.07) is 1.59. The maximum absolute atomic E-state index is 13.5. The number of nitrogens with two attached hydrogens (primary N) is 1. The number of anilines is 1. The summed E-state index contributed by atoms with van der Waals surface area (Å²) in [5, 5.41) is 20.6. The largest absolute Gasteiger partial charge is 0.389 e. The Labute approximate surface area is 120 Å². The topological polar surface area (TPSA) is 122 Å². The van der Waals surface area contributed by atoms with Crippen LogP contribution in [-0.2, 0) is 0 Å². The highest BCUT2D eigenvalue weighted by Crippen LogP contribution is 2.27. The van der Waals surface area contributed by atoms with Crippen molar-refractivity contribution in [1.29, 1.82) is 0 Å². The normalized spacial score (nSPS) is 11.1. The number of nitrogens with zero attached hydrogens (tertiary/aromatic N) is 2. The maximum atomic E-state index is 13.5. The van der Waals surface area contributed by atoms with Crippen LogP contribution in [0.4, 0.5) is 15.8 Å². The van der Waals surface area contributed by atoms with Gasteiger partial charge in [-0.2, -0.15) is 0 Å². The predicted octanol–water partition coefficient (Wildman–Crippen LogP) is 0.862. The van der Waals surface area contributed by atoms with Crippen LogP contribution in [0.15, 0.2) is 12.1 Å². The maximum Gasteiger partial charge on any atom is 0.285 e. The first-order valence-electron chi connectivity index (χ1n) is 5.99. The second-order valence-corrected chi connectivity index (χ2v) is 5.22. The van der Waals surface area contributed by atoms with Crippen molar-refractivity contribution in [3.63, 3.8) is 0 Å². The van der Waals surface area contributed by atoms with Gasteiger partial charge in [0.05, 0.1) is 22.3 Å². The Morgan fingerprint density at radius 2 is 2.14 bits per heavy atom. The van der Waals surface area contributed by atoms with Gasteiger partial charge >= 0.3 is 0 Å². The van der Waals surface area contributed by atoms with Crippen LogP contribution in [0.5, 0.6) is 0 Å². The van der Waals surface area contributed by atoms with E-state index in [0.717, 1.165) is 11.0 Å². The van der Waals surface area contributed by atoms with Gasteiger partial charge in [-0.25, -0.2) is 4.39 Å². The lowest BCUT2D eigenvalue weighted by molar-refractivity contribution is -0.385. The summed E-state index contributed by atoms with van der Waals surface area (Å²) in [6.45, 7) is 2.93. The Hall–Kier alpha value is -2.26. The van der Waals surface area contributed by atoms with Gasteiger partial charge in [-0.3, -0.25) is 20.8 Å². The zero-order valence-corrected chi connectivity index (χ0v) is 11.9. The Balaban J connectivity index is 3.27.